The number of hydrogen-bond acceptors (Lipinski definition) is 5. The molecule has 25 heavy (non-hydrogen) atoms. The van der Waals surface area contributed by atoms with Gasteiger partial charge in [0.15, 0.2) is 4.77 Å². The van der Waals surface area contributed by atoms with E-state index < -0.39 is 0 Å². The van der Waals surface area contributed by atoms with E-state index in [9.17, 15) is 0 Å². The van der Waals surface area contributed by atoms with Crippen molar-refractivity contribution in [2.45, 2.75) is 19.9 Å². The van der Waals surface area contributed by atoms with Gasteiger partial charge in [-0.2, -0.15) is 0 Å². The third-order valence-electron chi connectivity index (χ3n) is 3.92. The summed E-state index contributed by atoms with van der Waals surface area (Å²) < 4.78 is 2.82. The van der Waals surface area contributed by atoms with Gasteiger partial charge in [0.2, 0.25) is 0 Å². The van der Waals surface area contributed by atoms with Crippen LogP contribution in [-0.4, -0.2) is 51.6 Å². The number of aromatic nitrogens is 4. The Morgan fingerprint density at radius 2 is 2.00 bits per heavy atom. The van der Waals surface area contributed by atoms with Crippen molar-refractivity contribution in [3.8, 4) is 0 Å². The molecule has 0 amide bonds. The van der Waals surface area contributed by atoms with E-state index >= 15 is 0 Å². The van der Waals surface area contributed by atoms with Crippen molar-refractivity contribution in [3.63, 3.8) is 0 Å². The Balaban J connectivity index is 0.00000156. The van der Waals surface area contributed by atoms with Crippen molar-refractivity contribution < 1.29 is 0 Å². The minimum atomic E-state index is 0. The number of aryl methyl sites for hydroxylation is 1. The smallest absolute Gasteiger partial charge is 0.178 e. The highest BCUT2D eigenvalue weighted by Gasteiger charge is 2.09. The van der Waals surface area contributed by atoms with E-state index in [-0.39, 0.29) is 24.8 Å². The second-order valence-electron chi connectivity index (χ2n) is 5.87. The van der Waals surface area contributed by atoms with E-state index in [1.165, 1.54) is 0 Å². The molecule has 0 fully saturated rings. The van der Waals surface area contributed by atoms with E-state index in [4.69, 9.17) is 12.2 Å². The molecule has 0 aliphatic rings. The van der Waals surface area contributed by atoms with Crippen LogP contribution in [0, 0.1) is 4.77 Å². The molecule has 0 aliphatic carbocycles. The second-order valence-corrected chi connectivity index (χ2v) is 6.25. The minimum absolute atomic E-state index is 0. The summed E-state index contributed by atoms with van der Waals surface area (Å²) in [7, 11) is 4.16. The fourth-order valence-corrected chi connectivity index (χ4v) is 3.10. The highest BCUT2D eigenvalue weighted by molar-refractivity contribution is 7.71. The molecule has 0 saturated carbocycles. The van der Waals surface area contributed by atoms with Crippen molar-refractivity contribution in [1.29, 1.82) is 0 Å². The molecule has 6 nitrogen and oxygen atoms in total. The van der Waals surface area contributed by atoms with Gasteiger partial charge in [-0.25, -0.2) is 9.97 Å². The van der Waals surface area contributed by atoms with Gasteiger partial charge in [0.25, 0.3) is 0 Å². The first kappa shape index (κ1) is 21.6. The molecule has 2 N–H and O–H groups in total. The summed E-state index contributed by atoms with van der Waals surface area (Å²) in [5.41, 5.74) is 3.04. The predicted octanol–water partition coefficient (Wildman–Crippen LogP) is 3.87. The molecule has 3 aromatic rings. The average Bonchev–Trinajstić information content (AvgIpc) is 2.83. The number of nitrogens with zero attached hydrogens (tertiary/aromatic N) is 4. The predicted molar refractivity (Wildman–Crippen MR) is 112 cm³/mol. The van der Waals surface area contributed by atoms with Gasteiger partial charge in [0.1, 0.15) is 12.1 Å². The van der Waals surface area contributed by atoms with Crippen LogP contribution in [-0.2, 0) is 6.54 Å². The van der Waals surface area contributed by atoms with E-state index in [1.54, 1.807) is 6.33 Å². The lowest BCUT2D eigenvalue weighted by Crippen LogP contribution is -2.16. The van der Waals surface area contributed by atoms with Crippen molar-refractivity contribution >= 4 is 64.8 Å². The first-order chi connectivity index (χ1) is 11.1. The van der Waals surface area contributed by atoms with Crippen molar-refractivity contribution in [1.82, 2.24) is 24.4 Å². The Hall–Kier alpha value is -1.41. The maximum Gasteiger partial charge on any atom is 0.178 e. The lowest BCUT2D eigenvalue weighted by atomic mass is 10.2. The zero-order valence-corrected chi connectivity index (χ0v) is 17.0. The van der Waals surface area contributed by atoms with Gasteiger partial charge in [-0.3, -0.25) is 0 Å². The second kappa shape index (κ2) is 9.33. The Bertz CT molecular complexity index is 889. The largest absolute Gasteiger partial charge is 0.369 e. The maximum absolute atomic E-state index is 5.38. The lowest BCUT2D eigenvalue weighted by Gasteiger charge is -2.11. The lowest BCUT2D eigenvalue weighted by molar-refractivity contribution is 0.405. The van der Waals surface area contributed by atoms with Crippen LogP contribution in [0.15, 0.2) is 18.5 Å². The van der Waals surface area contributed by atoms with Crippen LogP contribution < -0.4 is 5.32 Å². The van der Waals surface area contributed by atoms with E-state index in [0.29, 0.717) is 0 Å². The number of fused-ring (bicyclic) bond motifs is 2. The SMILES string of the molecule is CCn1c(=S)[nH]c2cc3c(NCCCN(C)C)ncnc3cc21.Cl.Cl. The molecule has 3 rings (SSSR count). The standard InChI is InChI=1S/C16H22N6S.2ClH/c1-4-22-14-9-12-11(8-13(14)20-16(22)23)15(19-10-18-12)17-6-5-7-21(2)3;;/h8-10H,4-7H2,1-3H3,(H,20,23)(H,17,18,19);2*1H. The van der Waals surface area contributed by atoms with Crippen molar-refractivity contribution in [2.75, 3.05) is 32.5 Å². The van der Waals surface area contributed by atoms with E-state index in [1.807, 2.05) is 0 Å². The van der Waals surface area contributed by atoms with Crippen molar-refractivity contribution in [3.05, 3.63) is 23.2 Å². The van der Waals surface area contributed by atoms with Gasteiger partial charge >= 0.3 is 0 Å². The summed E-state index contributed by atoms with van der Waals surface area (Å²) in [6.07, 6.45) is 2.68. The number of H-pyrrole nitrogens is 1. The number of nitrogens with one attached hydrogen (secondary N) is 2. The van der Waals surface area contributed by atoms with Crippen LogP contribution in [0.3, 0.4) is 0 Å². The van der Waals surface area contributed by atoms with Gasteiger partial charge in [0.05, 0.1) is 16.6 Å². The third-order valence-corrected chi connectivity index (χ3v) is 4.24. The summed E-state index contributed by atoms with van der Waals surface area (Å²) in [5, 5.41) is 4.44. The molecule has 0 saturated heterocycles. The molecule has 0 atom stereocenters. The zero-order valence-electron chi connectivity index (χ0n) is 14.6. The Morgan fingerprint density at radius 3 is 2.68 bits per heavy atom. The molecule has 0 bridgehead atoms. The van der Waals surface area contributed by atoms with Crippen LogP contribution in [0.4, 0.5) is 5.82 Å². The van der Waals surface area contributed by atoms with Gasteiger partial charge in [0, 0.05) is 18.5 Å². The van der Waals surface area contributed by atoms with Crippen LogP contribution in [0.2, 0.25) is 0 Å². The number of aromatic amines is 1. The number of benzene rings is 1. The molecule has 138 valence electrons. The van der Waals surface area contributed by atoms with Gasteiger partial charge in [-0.1, -0.05) is 0 Å². The fourth-order valence-electron chi connectivity index (χ4n) is 2.76. The van der Waals surface area contributed by atoms with Crippen LogP contribution in [0.1, 0.15) is 13.3 Å². The number of halogens is 2. The van der Waals surface area contributed by atoms with Crippen molar-refractivity contribution in [2.24, 2.45) is 0 Å². The Morgan fingerprint density at radius 1 is 1.24 bits per heavy atom. The molecule has 0 spiro atoms. The molecular weight excluding hydrogens is 379 g/mol. The molecule has 9 heteroatoms. The Labute approximate surface area is 164 Å². The molecular formula is C16H24Cl2N6S. The van der Waals surface area contributed by atoms with E-state index in [0.717, 1.165) is 58.6 Å². The monoisotopic (exact) mass is 402 g/mol. The quantitative estimate of drug-likeness (QED) is 0.483. The normalized spacial score (nSPS) is 10.7. The Kier molecular flexibility index (Phi) is 8.08. The summed E-state index contributed by atoms with van der Waals surface area (Å²) in [6.45, 7) is 4.86. The number of anilines is 1. The number of rotatable bonds is 6. The average molecular weight is 403 g/mol. The van der Waals surface area contributed by atoms with Crippen LogP contribution in [0.5, 0.6) is 0 Å². The highest BCUT2D eigenvalue weighted by atomic mass is 35.5. The van der Waals surface area contributed by atoms with Gasteiger partial charge in [-0.15, -0.1) is 24.8 Å². The minimum Gasteiger partial charge on any atom is -0.369 e. The molecule has 1 aromatic carbocycles. The molecule has 0 aliphatic heterocycles. The van der Waals surface area contributed by atoms with Gasteiger partial charge in [-0.05, 0) is 58.3 Å². The molecule has 2 heterocycles. The number of hydrogen-bond donors (Lipinski definition) is 2. The van der Waals surface area contributed by atoms with Gasteiger partial charge < -0.3 is 19.8 Å². The molecule has 0 radical (unpaired) electrons. The topological polar surface area (TPSA) is 61.8 Å². The molecule has 0 unspecified atom stereocenters. The third kappa shape index (κ3) is 4.61. The fraction of sp³-hybridized carbons (Fsp3) is 0.438. The van der Waals surface area contributed by atoms with Crippen LogP contribution >= 0.6 is 37.0 Å². The highest BCUT2D eigenvalue weighted by Crippen LogP contribution is 2.25. The molecule has 2 aromatic heterocycles. The summed E-state index contributed by atoms with van der Waals surface area (Å²) in [6, 6.07) is 4.16. The first-order valence-electron chi connectivity index (χ1n) is 7.86. The maximum atomic E-state index is 5.38. The number of imidazole rings is 1. The summed E-state index contributed by atoms with van der Waals surface area (Å²) in [4.78, 5) is 14.3. The van der Waals surface area contributed by atoms with Crippen LogP contribution in [0.25, 0.3) is 21.9 Å². The summed E-state index contributed by atoms with van der Waals surface area (Å²) in [5.74, 6) is 0.874. The zero-order chi connectivity index (χ0) is 16.4. The first-order valence-corrected chi connectivity index (χ1v) is 8.27. The summed E-state index contributed by atoms with van der Waals surface area (Å²) >= 11 is 5.38. The van der Waals surface area contributed by atoms with E-state index in [2.05, 4.69) is 62.9 Å².